The number of ether oxygens (including phenoxy) is 4. The van der Waals surface area contributed by atoms with Crippen molar-refractivity contribution in [2.45, 2.75) is 45.4 Å². The molecule has 1 aromatic heterocycles. The molecule has 1 saturated carbocycles. The molecule has 11 nitrogen and oxygen atoms in total. The van der Waals surface area contributed by atoms with Gasteiger partial charge in [0.05, 0.1) is 33.6 Å². The molecule has 3 N–H and O–H groups in total. The first-order valence-electron chi connectivity index (χ1n) is 12.0. The van der Waals surface area contributed by atoms with E-state index < -0.39 is 11.6 Å². The van der Waals surface area contributed by atoms with Crippen LogP contribution in [0.2, 0.25) is 0 Å². The summed E-state index contributed by atoms with van der Waals surface area (Å²) < 4.78 is 22.1. The molecule has 36 heavy (non-hydrogen) atoms. The molecule has 0 bridgehead atoms. The largest absolute Gasteiger partial charge is 0.493 e. The number of carbonyl (C=O) groups is 1. The zero-order valence-corrected chi connectivity index (χ0v) is 21.8. The minimum absolute atomic E-state index is 0.198. The Bertz CT molecular complexity index is 1110. The van der Waals surface area contributed by atoms with Crippen LogP contribution in [0.4, 0.5) is 17.5 Å². The second-order valence-corrected chi connectivity index (χ2v) is 9.58. The highest BCUT2D eigenvalue weighted by Crippen LogP contribution is 2.42. The maximum atomic E-state index is 12.6. The van der Waals surface area contributed by atoms with Gasteiger partial charge in [0.2, 0.25) is 17.4 Å². The van der Waals surface area contributed by atoms with E-state index in [1.54, 1.807) is 54.4 Å². The highest BCUT2D eigenvalue weighted by molar-refractivity contribution is 6.05. The fourth-order valence-electron chi connectivity index (χ4n) is 4.71. The molecule has 0 radical (unpaired) electrons. The number of aryl methyl sites for hydroxylation is 1. The molecular formula is C25H35N5O6. The van der Waals surface area contributed by atoms with Crippen LogP contribution in [-0.2, 0) is 4.79 Å². The van der Waals surface area contributed by atoms with Crippen molar-refractivity contribution in [1.82, 2.24) is 9.97 Å². The van der Waals surface area contributed by atoms with Crippen molar-refractivity contribution in [2.24, 2.45) is 11.8 Å². The van der Waals surface area contributed by atoms with Crippen LogP contribution in [0.5, 0.6) is 23.0 Å². The lowest BCUT2D eigenvalue weighted by atomic mass is 9.81. The van der Waals surface area contributed by atoms with E-state index in [9.17, 15) is 9.90 Å². The summed E-state index contributed by atoms with van der Waals surface area (Å²) in [7, 11) is 6.38. The molecule has 196 valence electrons. The summed E-state index contributed by atoms with van der Waals surface area (Å²) in [6, 6.07) is 3.77. The number of hydrogen-bond donors (Lipinski definition) is 3. The fraction of sp³-hybridized carbons (Fsp3) is 0.560. The number of carbonyl (C=O) groups excluding carboxylic acids is 1. The topological polar surface area (TPSA) is 127 Å². The quantitative estimate of drug-likeness (QED) is 0.472. The van der Waals surface area contributed by atoms with E-state index in [4.69, 9.17) is 18.9 Å². The average molecular weight is 502 g/mol. The zero-order valence-electron chi connectivity index (χ0n) is 21.8. The minimum Gasteiger partial charge on any atom is -0.493 e. The molecule has 2 aliphatic rings. The number of hydrogen-bond acceptors (Lipinski definition) is 10. The Labute approximate surface area is 211 Å². The number of aromatic nitrogens is 2. The maximum absolute atomic E-state index is 12.6. The van der Waals surface area contributed by atoms with E-state index in [-0.39, 0.29) is 12.0 Å². The van der Waals surface area contributed by atoms with Gasteiger partial charge >= 0.3 is 0 Å². The molecule has 1 amide bonds. The standard InChI is InChI=1S/C25H35N5O6/c1-13(2)25(32)23(31)28-20-14(3)26-24(29-22(20)30(25)4)27-16-8-15(9-16)12-36-17-10-18(33-5)21(35-7)19(11-17)34-6/h10-11,13,15-16,32H,8-9,12H2,1-7H3,(H,28,31)(H,26,27,29)/t15-,16+,25-/m0/s1. The van der Waals surface area contributed by atoms with Crippen molar-refractivity contribution in [3.63, 3.8) is 0 Å². The summed E-state index contributed by atoms with van der Waals surface area (Å²) in [4.78, 5) is 23.3. The van der Waals surface area contributed by atoms with Gasteiger partial charge in [-0.15, -0.1) is 0 Å². The number of nitrogens with zero attached hydrogens (tertiary/aromatic N) is 3. The number of fused-ring (bicyclic) bond motifs is 1. The number of anilines is 3. The minimum atomic E-state index is -1.68. The number of aliphatic hydroxyl groups is 1. The van der Waals surface area contributed by atoms with Crippen LogP contribution in [0.3, 0.4) is 0 Å². The van der Waals surface area contributed by atoms with Crippen LogP contribution in [0.15, 0.2) is 12.1 Å². The first-order valence-corrected chi connectivity index (χ1v) is 12.0. The predicted molar refractivity (Wildman–Crippen MR) is 135 cm³/mol. The highest BCUT2D eigenvalue weighted by atomic mass is 16.5. The third kappa shape index (κ3) is 4.43. The third-order valence-corrected chi connectivity index (χ3v) is 6.97. The number of methoxy groups -OCH3 is 3. The molecule has 0 unspecified atom stereocenters. The molecule has 2 heterocycles. The van der Waals surface area contributed by atoms with Crippen molar-refractivity contribution in [3.8, 4) is 23.0 Å². The van der Waals surface area contributed by atoms with Crippen molar-refractivity contribution in [3.05, 3.63) is 17.8 Å². The van der Waals surface area contributed by atoms with Gasteiger partial charge in [-0.05, 0) is 25.7 Å². The molecule has 4 rings (SSSR count). The maximum Gasteiger partial charge on any atom is 0.278 e. The second-order valence-electron chi connectivity index (χ2n) is 9.58. The van der Waals surface area contributed by atoms with Crippen molar-refractivity contribution >= 4 is 23.4 Å². The van der Waals surface area contributed by atoms with Gasteiger partial charge in [-0.3, -0.25) is 4.79 Å². The number of benzene rings is 1. The van der Waals surface area contributed by atoms with Gasteiger partial charge in [-0.1, -0.05) is 13.8 Å². The summed E-state index contributed by atoms with van der Waals surface area (Å²) in [6.07, 6.45) is 1.79. The van der Waals surface area contributed by atoms with Crippen molar-refractivity contribution in [2.75, 3.05) is 50.5 Å². The highest BCUT2D eigenvalue weighted by Gasteiger charge is 2.49. The molecule has 0 saturated heterocycles. The van der Waals surface area contributed by atoms with E-state index >= 15 is 0 Å². The first-order chi connectivity index (χ1) is 17.1. The molecule has 1 atom stereocenters. The lowest BCUT2D eigenvalue weighted by Gasteiger charge is -2.44. The molecule has 1 fully saturated rings. The first kappa shape index (κ1) is 25.6. The Morgan fingerprint density at radius 1 is 1.17 bits per heavy atom. The summed E-state index contributed by atoms with van der Waals surface area (Å²) in [6.45, 7) is 5.96. The average Bonchev–Trinajstić information content (AvgIpc) is 2.83. The Hall–Kier alpha value is -3.47. The number of nitrogens with one attached hydrogen (secondary N) is 2. The summed E-state index contributed by atoms with van der Waals surface area (Å²) in [5.41, 5.74) is -0.532. The number of amides is 1. The summed E-state index contributed by atoms with van der Waals surface area (Å²) >= 11 is 0. The fourth-order valence-corrected chi connectivity index (χ4v) is 4.71. The lowest BCUT2D eigenvalue weighted by molar-refractivity contribution is -0.139. The van der Waals surface area contributed by atoms with E-state index in [1.807, 2.05) is 6.92 Å². The van der Waals surface area contributed by atoms with Crippen molar-refractivity contribution in [1.29, 1.82) is 0 Å². The molecule has 2 aromatic rings. The normalized spacial score (nSPS) is 22.9. The number of rotatable bonds is 9. The van der Waals surface area contributed by atoms with E-state index in [0.29, 0.717) is 58.7 Å². The monoisotopic (exact) mass is 501 g/mol. The molecule has 1 aromatic carbocycles. The Morgan fingerprint density at radius 2 is 1.81 bits per heavy atom. The van der Waals surface area contributed by atoms with Gasteiger partial charge in [0, 0.05) is 31.1 Å². The number of likely N-dealkylation sites (N-methyl/N-ethyl adjacent to an activating group) is 1. The molecule has 1 aliphatic carbocycles. The molecule has 0 spiro atoms. The molecule has 11 heteroatoms. The molecular weight excluding hydrogens is 466 g/mol. The zero-order chi connectivity index (χ0) is 26.2. The van der Waals surface area contributed by atoms with Gasteiger partial charge in [-0.25, -0.2) is 4.98 Å². The Balaban J connectivity index is 1.38. The predicted octanol–water partition coefficient (Wildman–Crippen LogP) is 2.81. The summed E-state index contributed by atoms with van der Waals surface area (Å²) in [5.74, 6) is 2.78. The lowest BCUT2D eigenvalue weighted by Crippen LogP contribution is -2.62. The van der Waals surface area contributed by atoms with E-state index in [1.165, 1.54) is 4.90 Å². The third-order valence-electron chi connectivity index (χ3n) is 6.97. The Morgan fingerprint density at radius 3 is 2.36 bits per heavy atom. The van der Waals surface area contributed by atoms with Gasteiger partial charge in [0.25, 0.3) is 5.91 Å². The van der Waals surface area contributed by atoms with Crippen LogP contribution in [0, 0.1) is 18.8 Å². The van der Waals surface area contributed by atoms with E-state index in [2.05, 4.69) is 20.6 Å². The van der Waals surface area contributed by atoms with Crippen LogP contribution in [0.25, 0.3) is 0 Å². The second kappa shape index (κ2) is 9.88. The van der Waals surface area contributed by atoms with Gasteiger partial charge in [-0.2, -0.15) is 4.98 Å². The van der Waals surface area contributed by atoms with Gasteiger partial charge in [0.15, 0.2) is 17.3 Å². The van der Waals surface area contributed by atoms with Crippen LogP contribution in [-0.4, -0.2) is 67.7 Å². The van der Waals surface area contributed by atoms with Crippen LogP contribution >= 0.6 is 0 Å². The van der Waals surface area contributed by atoms with Gasteiger partial charge in [0.1, 0.15) is 11.4 Å². The smallest absolute Gasteiger partial charge is 0.278 e. The Kier molecular flexibility index (Phi) is 7.03. The van der Waals surface area contributed by atoms with Crippen LogP contribution < -0.4 is 34.5 Å². The molecule has 1 aliphatic heterocycles. The van der Waals surface area contributed by atoms with Gasteiger partial charge < -0.3 is 39.6 Å². The van der Waals surface area contributed by atoms with E-state index in [0.717, 1.165) is 12.8 Å². The SMILES string of the molecule is COc1cc(OC[C@H]2C[C@@H](Nc3nc(C)c4c(n3)N(C)[C@](O)(C(C)C)C(=O)N4)C2)cc(OC)c1OC. The summed E-state index contributed by atoms with van der Waals surface area (Å²) in [5, 5.41) is 17.2. The van der Waals surface area contributed by atoms with Crippen molar-refractivity contribution < 1.29 is 28.8 Å². The van der Waals surface area contributed by atoms with Crippen LogP contribution in [0.1, 0.15) is 32.4 Å².